The maximum atomic E-state index is 5.87. The summed E-state index contributed by atoms with van der Waals surface area (Å²) in [5, 5.41) is 10.3. The maximum Gasteiger partial charge on any atom is 0.191 e. The van der Waals surface area contributed by atoms with E-state index in [1.807, 2.05) is 48.5 Å². The predicted molar refractivity (Wildman–Crippen MR) is 105 cm³/mol. The summed E-state index contributed by atoms with van der Waals surface area (Å²) in [6.07, 6.45) is 0. The van der Waals surface area contributed by atoms with E-state index >= 15 is 0 Å². The molecule has 0 fully saturated rings. The van der Waals surface area contributed by atoms with Gasteiger partial charge in [0.15, 0.2) is 11.0 Å². The lowest BCUT2D eigenvalue weighted by atomic mass is 10.2. The summed E-state index contributed by atoms with van der Waals surface area (Å²) in [6.45, 7) is 3.47. The lowest BCUT2D eigenvalue weighted by Crippen LogP contribution is -2.03. The molecule has 0 atom stereocenters. The third kappa shape index (κ3) is 4.51. The summed E-state index contributed by atoms with van der Waals surface area (Å²) < 4.78 is 13.0. The van der Waals surface area contributed by atoms with Crippen LogP contribution in [0.2, 0.25) is 5.02 Å². The molecule has 0 N–H and O–H groups in total. The van der Waals surface area contributed by atoms with Gasteiger partial charge in [0.2, 0.25) is 0 Å². The van der Waals surface area contributed by atoms with Crippen LogP contribution in [0.5, 0.6) is 11.5 Å². The lowest BCUT2D eigenvalue weighted by Gasteiger charge is -2.09. The van der Waals surface area contributed by atoms with Crippen LogP contribution in [0, 0.1) is 0 Å². The van der Waals surface area contributed by atoms with Crippen LogP contribution in [0.3, 0.4) is 0 Å². The van der Waals surface area contributed by atoms with Gasteiger partial charge in [-0.2, -0.15) is 0 Å². The molecular weight excluding hydrogens is 370 g/mol. The highest BCUT2D eigenvalue weighted by Crippen LogP contribution is 2.25. The quantitative estimate of drug-likeness (QED) is 0.409. The van der Waals surface area contributed by atoms with Crippen LogP contribution in [0.1, 0.15) is 6.92 Å². The number of ether oxygens (including phenoxy) is 2. The van der Waals surface area contributed by atoms with Gasteiger partial charge in [-0.1, -0.05) is 23.4 Å². The van der Waals surface area contributed by atoms with Gasteiger partial charge >= 0.3 is 0 Å². The van der Waals surface area contributed by atoms with Gasteiger partial charge in [-0.15, -0.1) is 10.2 Å². The zero-order chi connectivity index (χ0) is 18.4. The van der Waals surface area contributed by atoms with Gasteiger partial charge in [0.1, 0.15) is 11.5 Å². The van der Waals surface area contributed by atoms with Crippen molar-refractivity contribution in [2.45, 2.75) is 18.6 Å². The molecule has 5 nitrogen and oxygen atoms in total. The molecule has 2 aromatic carbocycles. The Morgan fingerprint density at radius 1 is 1.00 bits per heavy atom. The van der Waals surface area contributed by atoms with Crippen molar-refractivity contribution in [3.8, 4) is 22.9 Å². The summed E-state index contributed by atoms with van der Waals surface area (Å²) in [5.41, 5.74) is 1.02. The van der Waals surface area contributed by atoms with Crippen LogP contribution in [-0.4, -0.2) is 34.2 Å². The van der Waals surface area contributed by atoms with Gasteiger partial charge in [0.05, 0.1) is 13.7 Å². The lowest BCUT2D eigenvalue weighted by molar-refractivity contribution is 0.344. The Bertz CT molecular complexity index is 835. The van der Waals surface area contributed by atoms with Crippen molar-refractivity contribution in [2.24, 2.45) is 0 Å². The minimum absolute atomic E-state index is 0.584. The largest absolute Gasteiger partial charge is 0.497 e. The van der Waals surface area contributed by atoms with Crippen LogP contribution < -0.4 is 9.47 Å². The number of thioether (sulfide) groups is 1. The average Bonchev–Trinajstić information content (AvgIpc) is 3.09. The number of rotatable bonds is 8. The molecule has 0 saturated heterocycles. The monoisotopic (exact) mass is 389 g/mol. The van der Waals surface area contributed by atoms with E-state index in [1.165, 1.54) is 0 Å². The molecule has 26 heavy (non-hydrogen) atoms. The Labute approximate surface area is 162 Å². The van der Waals surface area contributed by atoms with Crippen molar-refractivity contribution >= 4 is 23.4 Å². The van der Waals surface area contributed by atoms with Crippen LogP contribution in [0.4, 0.5) is 0 Å². The second-order valence-corrected chi connectivity index (χ2v) is 6.93. The highest BCUT2D eigenvalue weighted by atomic mass is 35.5. The van der Waals surface area contributed by atoms with Crippen molar-refractivity contribution < 1.29 is 9.47 Å². The summed E-state index contributed by atoms with van der Waals surface area (Å²) in [6, 6.07) is 15.2. The van der Waals surface area contributed by atoms with E-state index in [1.54, 1.807) is 18.9 Å². The van der Waals surface area contributed by atoms with Crippen molar-refractivity contribution in [3.63, 3.8) is 0 Å². The predicted octanol–water partition coefficient (Wildman–Crippen LogP) is 4.80. The Balaban J connectivity index is 1.61. The van der Waals surface area contributed by atoms with E-state index in [4.69, 9.17) is 21.1 Å². The van der Waals surface area contributed by atoms with Crippen LogP contribution in [0.15, 0.2) is 53.7 Å². The standard InChI is InChI=1S/C19H20ClN3O2S/c1-3-23-18(14-4-8-16(24-2)9-5-14)21-22-19(23)26-13-12-25-17-10-6-15(20)7-11-17/h4-11H,3,12-13H2,1-2H3. The van der Waals surface area contributed by atoms with Crippen LogP contribution >= 0.6 is 23.4 Å². The second kappa shape index (κ2) is 8.96. The molecule has 0 aliphatic rings. The van der Waals surface area contributed by atoms with Gasteiger partial charge < -0.3 is 14.0 Å². The van der Waals surface area contributed by atoms with Crippen LogP contribution in [-0.2, 0) is 6.54 Å². The zero-order valence-electron chi connectivity index (χ0n) is 14.7. The molecule has 0 bridgehead atoms. The van der Waals surface area contributed by atoms with E-state index in [9.17, 15) is 0 Å². The normalized spacial score (nSPS) is 10.7. The van der Waals surface area contributed by atoms with E-state index in [0.29, 0.717) is 11.6 Å². The molecule has 136 valence electrons. The minimum atomic E-state index is 0.584. The zero-order valence-corrected chi connectivity index (χ0v) is 16.3. The second-order valence-electron chi connectivity index (χ2n) is 5.43. The van der Waals surface area contributed by atoms with Crippen molar-refractivity contribution in [1.29, 1.82) is 0 Å². The molecule has 3 rings (SSSR count). The topological polar surface area (TPSA) is 49.2 Å². The summed E-state index contributed by atoms with van der Waals surface area (Å²) in [7, 11) is 1.66. The van der Waals surface area contributed by atoms with E-state index < -0.39 is 0 Å². The van der Waals surface area contributed by atoms with Crippen molar-refractivity contribution in [3.05, 3.63) is 53.6 Å². The molecule has 0 aliphatic carbocycles. The number of nitrogens with zero attached hydrogens (tertiary/aromatic N) is 3. The molecular formula is C19H20ClN3O2S. The fourth-order valence-electron chi connectivity index (χ4n) is 2.46. The van der Waals surface area contributed by atoms with E-state index in [0.717, 1.165) is 40.3 Å². The first-order chi connectivity index (χ1) is 12.7. The van der Waals surface area contributed by atoms with Crippen LogP contribution in [0.25, 0.3) is 11.4 Å². The molecule has 0 saturated carbocycles. The molecule has 7 heteroatoms. The molecule has 3 aromatic rings. The Morgan fingerprint density at radius 2 is 1.69 bits per heavy atom. The maximum absolute atomic E-state index is 5.87. The minimum Gasteiger partial charge on any atom is -0.497 e. The summed E-state index contributed by atoms with van der Waals surface area (Å²) in [5.74, 6) is 3.27. The highest BCUT2D eigenvalue weighted by Gasteiger charge is 2.13. The Morgan fingerprint density at radius 3 is 2.35 bits per heavy atom. The summed E-state index contributed by atoms with van der Waals surface area (Å²) >= 11 is 7.50. The molecule has 1 heterocycles. The molecule has 0 aliphatic heterocycles. The molecule has 1 aromatic heterocycles. The first kappa shape index (κ1) is 18.6. The van der Waals surface area contributed by atoms with Crippen molar-refractivity contribution in [1.82, 2.24) is 14.8 Å². The first-order valence-electron chi connectivity index (χ1n) is 8.30. The number of benzene rings is 2. The van der Waals surface area contributed by atoms with E-state index in [2.05, 4.69) is 21.7 Å². The third-order valence-electron chi connectivity index (χ3n) is 3.78. The number of halogens is 1. The van der Waals surface area contributed by atoms with Gasteiger partial charge in [-0.05, 0) is 55.5 Å². The third-order valence-corrected chi connectivity index (χ3v) is 4.96. The SMILES string of the molecule is CCn1c(SCCOc2ccc(Cl)cc2)nnc1-c1ccc(OC)cc1. The van der Waals surface area contributed by atoms with Gasteiger partial charge in [-0.25, -0.2) is 0 Å². The molecule has 0 unspecified atom stereocenters. The number of methoxy groups -OCH3 is 1. The van der Waals surface area contributed by atoms with E-state index in [-0.39, 0.29) is 0 Å². The number of aromatic nitrogens is 3. The highest BCUT2D eigenvalue weighted by molar-refractivity contribution is 7.99. The smallest absolute Gasteiger partial charge is 0.191 e. The average molecular weight is 390 g/mol. The van der Waals surface area contributed by atoms with Gasteiger partial charge in [0, 0.05) is 22.9 Å². The Hall–Kier alpha value is -2.18. The first-order valence-corrected chi connectivity index (χ1v) is 9.66. The number of hydrogen-bond acceptors (Lipinski definition) is 5. The number of hydrogen-bond donors (Lipinski definition) is 0. The Kier molecular flexibility index (Phi) is 6.41. The fraction of sp³-hybridized carbons (Fsp3) is 0.263. The molecule has 0 spiro atoms. The van der Waals surface area contributed by atoms with Crippen molar-refractivity contribution in [2.75, 3.05) is 19.5 Å². The summed E-state index contributed by atoms with van der Waals surface area (Å²) in [4.78, 5) is 0. The fourth-order valence-corrected chi connectivity index (χ4v) is 3.40. The van der Waals surface area contributed by atoms with Gasteiger partial charge in [-0.3, -0.25) is 0 Å². The van der Waals surface area contributed by atoms with Gasteiger partial charge in [0.25, 0.3) is 0 Å². The molecule has 0 amide bonds. The molecule has 0 radical (unpaired) electrons.